The number of benzene rings is 1. The van der Waals surface area contributed by atoms with Crippen molar-refractivity contribution in [1.29, 1.82) is 0 Å². The van der Waals surface area contributed by atoms with E-state index in [0.29, 0.717) is 29.3 Å². The molecule has 2 rings (SSSR count). The number of H-pyrrole nitrogens is 1. The second kappa shape index (κ2) is 5.16. The van der Waals surface area contributed by atoms with Crippen molar-refractivity contribution in [2.24, 2.45) is 0 Å². The van der Waals surface area contributed by atoms with Gasteiger partial charge >= 0.3 is 0 Å². The van der Waals surface area contributed by atoms with Crippen molar-refractivity contribution in [3.05, 3.63) is 35.7 Å². The summed E-state index contributed by atoms with van der Waals surface area (Å²) in [6.07, 6.45) is 0. The van der Waals surface area contributed by atoms with Crippen LogP contribution in [-0.2, 0) is 10.0 Å². The number of aryl methyl sites for hydroxylation is 2. The molecule has 1 aromatic carbocycles. The van der Waals surface area contributed by atoms with Crippen molar-refractivity contribution in [3.63, 3.8) is 0 Å². The van der Waals surface area contributed by atoms with Crippen LogP contribution in [0.5, 0.6) is 0 Å². The summed E-state index contributed by atoms with van der Waals surface area (Å²) in [5, 5.41) is 6.66. The van der Waals surface area contributed by atoms with Gasteiger partial charge in [0, 0.05) is 12.2 Å². The summed E-state index contributed by atoms with van der Waals surface area (Å²) >= 11 is 0. The van der Waals surface area contributed by atoms with Gasteiger partial charge in [-0.1, -0.05) is 6.07 Å². The van der Waals surface area contributed by atoms with Gasteiger partial charge in [0.1, 0.15) is 4.90 Å². The summed E-state index contributed by atoms with van der Waals surface area (Å²) in [6.45, 7) is 5.46. The van der Waals surface area contributed by atoms with Crippen LogP contribution in [0.15, 0.2) is 29.2 Å². The van der Waals surface area contributed by atoms with Crippen LogP contribution >= 0.6 is 0 Å². The maximum absolute atomic E-state index is 12.8. The fourth-order valence-corrected chi connectivity index (χ4v) is 4.01. The molecular weight excluding hydrogens is 276 g/mol. The minimum atomic E-state index is -3.65. The van der Waals surface area contributed by atoms with E-state index in [9.17, 15) is 8.42 Å². The standard InChI is InChI=1S/C13H18N4O2S/c1-4-17(12-7-5-6-11(14)8-12)20(18,19)13-9(2)15-16-10(13)3/h5-8H,4,14H2,1-3H3,(H,15,16). The molecule has 0 saturated carbocycles. The topological polar surface area (TPSA) is 92.1 Å². The van der Waals surface area contributed by atoms with Gasteiger partial charge in [0.05, 0.1) is 17.1 Å². The first-order valence-electron chi connectivity index (χ1n) is 6.27. The fourth-order valence-electron chi connectivity index (χ4n) is 2.20. The molecule has 0 aliphatic carbocycles. The van der Waals surface area contributed by atoms with Crippen molar-refractivity contribution in [2.75, 3.05) is 16.6 Å². The number of nitrogens with two attached hydrogens (primary N) is 1. The van der Waals surface area contributed by atoms with Gasteiger partial charge in [-0.25, -0.2) is 8.42 Å². The number of nitrogens with zero attached hydrogens (tertiary/aromatic N) is 2. The number of hydrogen-bond acceptors (Lipinski definition) is 4. The molecule has 0 aliphatic rings. The van der Waals surface area contributed by atoms with Crippen LogP contribution in [0.2, 0.25) is 0 Å². The molecule has 3 N–H and O–H groups in total. The smallest absolute Gasteiger partial charge is 0.267 e. The number of nitrogens with one attached hydrogen (secondary N) is 1. The van der Waals surface area contributed by atoms with E-state index in [-0.39, 0.29) is 4.90 Å². The molecule has 2 aromatic rings. The van der Waals surface area contributed by atoms with Crippen molar-refractivity contribution in [3.8, 4) is 0 Å². The Morgan fingerprint density at radius 3 is 2.55 bits per heavy atom. The second-order valence-electron chi connectivity index (χ2n) is 4.53. The van der Waals surface area contributed by atoms with Gasteiger partial charge in [-0.05, 0) is 39.0 Å². The summed E-state index contributed by atoms with van der Waals surface area (Å²) < 4.78 is 26.9. The van der Waals surface area contributed by atoms with E-state index in [1.807, 2.05) is 0 Å². The number of sulfonamides is 1. The number of nitrogen functional groups attached to an aromatic ring is 1. The SMILES string of the molecule is CCN(c1cccc(N)c1)S(=O)(=O)c1c(C)n[nH]c1C. The Hall–Kier alpha value is -2.02. The van der Waals surface area contributed by atoms with E-state index in [2.05, 4.69) is 10.2 Å². The number of hydrogen-bond donors (Lipinski definition) is 2. The molecule has 0 saturated heterocycles. The molecule has 0 amide bonds. The molecule has 1 aromatic heterocycles. The number of rotatable bonds is 4. The lowest BCUT2D eigenvalue weighted by Crippen LogP contribution is -2.31. The molecule has 0 atom stereocenters. The zero-order valence-electron chi connectivity index (χ0n) is 11.7. The molecule has 7 heteroatoms. The van der Waals surface area contributed by atoms with Crippen molar-refractivity contribution in [2.45, 2.75) is 25.7 Å². The van der Waals surface area contributed by atoms with E-state index in [0.717, 1.165) is 0 Å². The fraction of sp³-hybridized carbons (Fsp3) is 0.308. The third-order valence-corrected chi connectivity index (χ3v) is 5.22. The van der Waals surface area contributed by atoms with Crippen LogP contribution in [0.25, 0.3) is 0 Å². The van der Waals surface area contributed by atoms with Crippen LogP contribution < -0.4 is 10.0 Å². The van der Waals surface area contributed by atoms with Crippen LogP contribution in [0.3, 0.4) is 0 Å². The van der Waals surface area contributed by atoms with E-state index in [1.54, 1.807) is 45.0 Å². The van der Waals surface area contributed by atoms with Crippen molar-refractivity contribution >= 4 is 21.4 Å². The highest BCUT2D eigenvalue weighted by molar-refractivity contribution is 7.93. The van der Waals surface area contributed by atoms with Crippen LogP contribution in [-0.4, -0.2) is 25.2 Å². The van der Waals surface area contributed by atoms with Crippen molar-refractivity contribution in [1.82, 2.24) is 10.2 Å². The molecule has 0 fully saturated rings. The quantitative estimate of drug-likeness (QED) is 0.841. The highest BCUT2D eigenvalue weighted by Gasteiger charge is 2.29. The number of aromatic amines is 1. The first-order valence-corrected chi connectivity index (χ1v) is 7.71. The lowest BCUT2D eigenvalue weighted by atomic mass is 10.3. The monoisotopic (exact) mass is 294 g/mol. The minimum absolute atomic E-state index is 0.224. The third-order valence-electron chi connectivity index (χ3n) is 3.05. The zero-order chi connectivity index (χ0) is 14.9. The van der Waals surface area contributed by atoms with Crippen LogP contribution in [0.1, 0.15) is 18.3 Å². The maximum atomic E-state index is 12.8. The molecule has 0 spiro atoms. The molecular formula is C13H18N4O2S. The molecule has 0 unspecified atom stereocenters. The second-order valence-corrected chi connectivity index (χ2v) is 6.33. The average molecular weight is 294 g/mol. The van der Waals surface area contributed by atoms with Gasteiger partial charge in [0.2, 0.25) is 0 Å². The largest absolute Gasteiger partial charge is 0.399 e. The highest BCUT2D eigenvalue weighted by atomic mass is 32.2. The Bertz CT molecular complexity index is 702. The summed E-state index contributed by atoms with van der Waals surface area (Å²) in [6, 6.07) is 6.82. The first kappa shape index (κ1) is 14.4. The Balaban J connectivity index is 2.57. The molecule has 20 heavy (non-hydrogen) atoms. The van der Waals surface area contributed by atoms with E-state index < -0.39 is 10.0 Å². The first-order chi connectivity index (χ1) is 9.37. The predicted molar refractivity (Wildman–Crippen MR) is 79.1 cm³/mol. The summed E-state index contributed by atoms with van der Waals surface area (Å²) in [7, 11) is -3.65. The lowest BCUT2D eigenvalue weighted by molar-refractivity contribution is 0.590. The number of aromatic nitrogens is 2. The average Bonchev–Trinajstić information content (AvgIpc) is 2.70. The van der Waals surface area contributed by atoms with Crippen LogP contribution in [0.4, 0.5) is 11.4 Å². The summed E-state index contributed by atoms with van der Waals surface area (Å²) in [5.74, 6) is 0. The molecule has 0 aliphatic heterocycles. The van der Waals surface area contributed by atoms with Gasteiger partial charge < -0.3 is 5.73 Å². The van der Waals surface area contributed by atoms with Gasteiger partial charge in [0.15, 0.2) is 0 Å². The molecule has 0 bridgehead atoms. The third kappa shape index (κ3) is 2.36. The Morgan fingerprint density at radius 2 is 2.05 bits per heavy atom. The van der Waals surface area contributed by atoms with Gasteiger partial charge in [0.25, 0.3) is 10.0 Å². The summed E-state index contributed by atoms with van der Waals surface area (Å²) in [5.41, 5.74) is 7.80. The minimum Gasteiger partial charge on any atom is -0.399 e. The van der Waals surface area contributed by atoms with Crippen molar-refractivity contribution < 1.29 is 8.42 Å². The van der Waals surface area contributed by atoms with E-state index in [4.69, 9.17) is 5.73 Å². The molecule has 6 nitrogen and oxygen atoms in total. The number of anilines is 2. The zero-order valence-corrected chi connectivity index (χ0v) is 12.5. The maximum Gasteiger partial charge on any atom is 0.267 e. The van der Waals surface area contributed by atoms with Gasteiger partial charge in [-0.15, -0.1) is 0 Å². The Labute approximate surface area is 118 Å². The van der Waals surface area contributed by atoms with Crippen LogP contribution in [0, 0.1) is 13.8 Å². The molecule has 1 heterocycles. The molecule has 0 radical (unpaired) electrons. The highest BCUT2D eigenvalue weighted by Crippen LogP contribution is 2.27. The Kier molecular flexibility index (Phi) is 3.71. The van der Waals surface area contributed by atoms with Gasteiger partial charge in [-0.3, -0.25) is 9.40 Å². The predicted octanol–water partition coefficient (Wildman–Crippen LogP) is 1.82. The normalized spacial score (nSPS) is 11.6. The Morgan fingerprint density at radius 1 is 1.35 bits per heavy atom. The summed E-state index contributed by atoms with van der Waals surface area (Å²) in [4.78, 5) is 0.224. The molecule has 108 valence electrons. The van der Waals surface area contributed by atoms with E-state index >= 15 is 0 Å². The van der Waals surface area contributed by atoms with E-state index in [1.165, 1.54) is 4.31 Å². The lowest BCUT2D eigenvalue weighted by Gasteiger charge is -2.23. The van der Waals surface area contributed by atoms with Gasteiger partial charge in [-0.2, -0.15) is 5.10 Å².